The third-order valence-electron chi connectivity index (χ3n) is 2.20. The lowest BCUT2D eigenvalue weighted by molar-refractivity contribution is -0.385. The van der Waals surface area contributed by atoms with Crippen molar-refractivity contribution in [3.63, 3.8) is 0 Å². The molecule has 0 radical (unpaired) electrons. The van der Waals surface area contributed by atoms with E-state index in [1.54, 1.807) is 26.0 Å². The van der Waals surface area contributed by atoms with Crippen LogP contribution in [0.3, 0.4) is 0 Å². The zero-order valence-corrected chi connectivity index (χ0v) is 8.93. The highest BCUT2D eigenvalue weighted by Gasteiger charge is 2.11. The van der Waals surface area contributed by atoms with Gasteiger partial charge in [0.1, 0.15) is 0 Å². The van der Waals surface area contributed by atoms with Crippen LogP contribution in [0.4, 0.5) is 5.69 Å². The van der Waals surface area contributed by atoms with Crippen molar-refractivity contribution in [2.24, 2.45) is 0 Å². The van der Waals surface area contributed by atoms with E-state index in [0.29, 0.717) is 16.7 Å². The number of nitro groups is 1. The SMILES string of the molecule is C/C(=C\C(=O)O)c1ccc(C)c([N+](=O)[O-])c1. The van der Waals surface area contributed by atoms with Gasteiger partial charge in [0.05, 0.1) is 4.92 Å². The first-order chi connectivity index (χ1) is 7.41. The fraction of sp³-hybridized carbons (Fsp3) is 0.182. The molecule has 0 fully saturated rings. The maximum Gasteiger partial charge on any atom is 0.328 e. The molecular weight excluding hydrogens is 210 g/mol. The molecule has 5 nitrogen and oxygen atoms in total. The van der Waals surface area contributed by atoms with Gasteiger partial charge < -0.3 is 5.11 Å². The quantitative estimate of drug-likeness (QED) is 0.482. The van der Waals surface area contributed by atoms with Crippen molar-refractivity contribution in [1.29, 1.82) is 0 Å². The summed E-state index contributed by atoms with van der Waals surface area (Å²) in [5.74, 6) is -1.07. The smallest absolute Gasteiger partial charge is 0.328 e. The summed E-state index contributed by atoms with van der Waals surface area (Å²) in [5.41, 5.74) is 1.57. The molecule has 0 aliphatic carbocycles. The second kappa shape index (κ2) is 4.57. The Bertz CT molecular complexity index is 477. The summed E-state index contributed by atoms with van der Waals surface area (Å²) >= 11 is 0. The summed E-state index contributed by atoms with van der Waals surface area (Å²) in [6.07, 6.45) is 1.02. The van der Waals surface area contributed by atoms with Gasteiger partial charge in [-0.25, -0.2) is 4.79 Å². The highest BCUT2D eigenvalue weighted by molar-refractivity contribution is 5.89. The number of nitrogens with zero attached hydrogens (tertiary/aromatic N) is 1. The van der Waals surface area contributed by atoms with E-state index in [0.717, 1.165) is 6.08 Å². The van der Waals surface area contributed by atoms with Crippen molar-refractivity contribution >= 4 is 17.2 Å². The van der Waals surface area contributed by atoms with E-state index >= 15 is 0 Å². The molecular formula is C11H11NO4. The van der Waals surface area contributed by atoms with Crippen LogP contribution in [0.2, 0.25) is 0 Å². The van der Waals surface area contributed by atoms with Crippen LogP contribution in [0.5, 0.6) is 0 Å². The number of allylic oxidation sites excluding steroid dienone is 1. The van der Waals surface area contributed by atoms with E-state index < -0.39 is 10.9 Å². The minimum Gasteiger partial charge on any atom is -0.478 e. The summed E-state index contributed by atoms with van der Waals surface area (Å²) in [5, 5.41) is 19.3. The van der Waals surface area contributed by atoms with Crippen molar-refractivity contribution in [3.05, 3.63) is 45.5 Å². The van der Waals surface area contributed by atoms with Crippen LogP contribution in [-0.4, -0.2) is 16.0 Å². The third kappa shape index (κ3) is 2.66. The summed E-state index contributed by atoms with van der Waals surface area (Å²) < 4.78 is 0. The molecule has 1 aromatic carbocycles. The van der Waals surface area contributed by atoms with Gasteiger partial charge in [0.2, 0.25) is 0 Å². The lowest BCUT2D eigenvalue weighted by Gasteiger charge is -2.02. The topological polar surface area (TPSA) is 80.4 Å². The van der Waals surface area contributed by atoms with Crippen molar-refractivity contribution in [3.8, 4) is 0 Å². The van der Waals surface area contributed by atoms with E-state index in [1.165, 1.54) is 6.07 Å². The standard InChI is InChI=1S/C11H11NO4/c1-7-3-4-9(6-10(7)12(15)16)8(2)5-11(13)14/h3-6H,1-2H3,(H,13,14)/b8-5+. The van der Waals surface area contributed by atoms with Crippen molar-refractivity contribution in [1.82, 2.24) is 0 Å². The molecule has 84 valence electrons. The minimum atomic E-state index is -1.07. The summed E-state index contributed by atoms with van der Waals surface area (Å²) in [7, 11) is 0. The van der Waals surface area contributed by atoms with Crippen LogP contribution in [0, 0.1) is 17.0 Å². The van der Waals surface area contributed by atoms with Gasteiger partial charge in [0.15, 0.2) is 0 Å². The largest absolute Gasteiger partial charge is 0.478 e. The molecule has 0 atom stereocenters. The molecule has 0 amide bonds. The Morgan fingerprint density at radius 3 is 2.62 bits per heavy atom. The molecule has 1 N–H and O–H groups in total. The Hall–Kier alpha value is -2.17. The Balaban J connectivity index is 3.23. The van der Waals surface area contributed by atoms with Crippen LogP contribution >= 0.6 is 0 Å². The van der Waals surface area contributed by atoms with Crippen molar-refractivity contribution < 1.29 is 14.8 Å². The van der Waals surface area contributed by atoms with Gasteiger partial charge in [0.25, 0.3) is 5.69 Å². The van der Waals surface area contributed by atoms with Crippen LogP contribution in [0.25, 0.3) is 5.57 Å². The average Bonchev–Trinajstić information content (AvgIpc) is 2.16. The first-order valence-electron chi connectivity index (χ1n) is 4.58. The fourth-order valence-corrected chi connectivity index (χ4v) is 1.32. The number of nitro benzene ring substituents is 1. The molecule has 0 aliphatic rings. The molecule has 5 heteroatoms. The number of aryl methyl sites for hydroxylation is 1. The first-order valence-corrected chi connectivity index (χ1v) is 4.58. The van der Waals surface area contributed by atoms with E-state index in [9.17, 15) is 14.9 Å². The highest BCUT2D eigenvalue weighted by atomic mass is 16.6. The predicted molar refractivity (Wildman–Crippen MR) is 59.1 cm³/mol. The fourth-order valence-electron chi connectivity index (χ4n) is 1.32. The molecule has 0 bridgehead atoms. The predicted octanol–water partition coefficient (Wildman–Crippen LogP) is 2.39. The number of carbonyl (C=O) groups is 1. The zero-order valence-electron chi connectivity index (χ0n) is 8.93. The number of carboxylic acid groups (broad SMARTS) is 1. The van der Waals surface area contributed by atoms with Gasteiger partial charge in [0, 0.05) is 17.7 Å². The average molecular weight is 221 g/mol. The van der Waals surface area contributed by atoms with Crippen molar-refractivity contribution in [2.45, 2.75) is 13.8 Å². The van der Waals surface area contributed by atoms with E-state index in [1.807, 2.05) is 0 Å². The maximum absolute atomic E-state index is 10.7. The molecule has 0 unspecified atom stereocenters. The number of benzene rings is 1. The van der Waals surface area contributed by atoms with Crippen molar-refractivity contribution in [2.75, 3.05) is 0 Å². The maximum atomic E-state index is 10.7. The van der Waals surface area contributed by atoms with Gasteiger partial charge >= 0.3 is 5.97 Å². The van der Waals surface area contributed by atoms with Gasteiger partial charge in [-0.1, -0.05) is 12.1 Å². The van der Waals surface area contributed by atoms with Gasteiger partial charge in [-0.15, -0.1) is 0 Å². The summed E-state index contributed by atoms with van der Waals surface area (Å²) in [6, 6.07) is 4.65. The van der Waals surface area contributed by atoms with Crippen LogP contribution in [0.15, 0.2) is 24.3 Å². The third-order valence-corrected chi connectivity index (χ3v) is 2.20. The first kappa shape index (κ1) is 11.9. The minimum absolute atomic E-state index is 0.00404. The molecule has 1 aromatic rings. The highest BCUT2D eigenvalue weighted by Crippen LogP contribution is 2.23. The van der Waals surface area contributed by atoms with Gasteiger partial charge in [-0.3, -0.25) is 10.1 Å². The molecule has 0 saturated heterocycles. The number of carboxylic acids is 1. The lowest BCUT2D eigenvalue weighted by Crippen LogP contribution is -1.94. The number of hydrogen-bond acceptors (Lipinski definition) is 3. The Labute approximate surface area is 92.2 Å². The Morgan fingerprint density at radius 1 is 1.50 bits per heavy atom. The molecule has 16 heavy (non-hydrogen) atoms. The molecule has 0 spiro atoms. The molecule has 0 aromatic heterocycles. The van der Waals surface area contributed by atoms with Gasteiger partial charge in [-0.05, 0) is 25.0 Å². The number of aliphatic carboxylic acids is 1. The monoisotopic (exact) mass is 221 g/mol. The van der Waals surface area contributed by atoms with E-state index in [2.05, 4.69) is 0 Å². The van der Waals surface area contributed by atoms with Crippen LogP contribution in [-0.2, 0) is 4.79 Å². The molecule has 0 heterocycles. The molecule has 0 saturated carbocycles. The zero-order chi connectivity index (χ0) is 12.3. The lowest BCUT2D eigenvalue weighted by atomic mass is 10.0. The Morgan fingerprint density at radius 2 is 2.12 bits per heavy atom. The second-order valence-electron chi connectivity index (χ2n) is 3.42. The summed E-state index contributed by atoms with van der Waals surface area (Å²) in [6.45, 7) is 3.24. The Kier molecular flexibility index (Phi) is 3.40. The van der Waals surface area contributed by atoms with E-state index in [4.69, 9.17) is 5.11 Å². The normalized spacial score (nSPS) is 11.2. The number of hydrogen-bond donors (Lipinski definition) is 1. The molecule has 0 aliphatic heterocycles. The molecule has 1 rings (SSSR count). The second-order valence-corrected chi connectivity index (χ2v) is 3.42. The van der Waals surface area contributed by atoms with Crippen LogP contribution in [0.1, 0.15) is 18.1 Å². The number of rotatable bonds is 3. The van der Waals surface area contributed by atoms with Crippen LogP contribution < -0.4 is 0 Å². The van der Waals surface area contributed by atoms with E-state index in [-0.39, 0.29) is 5.69 Å². The summed E-state index contributed by atoms with van der Waals surface area (Å²) in [4.78, 5) is 20.7. The van der Waals surface area contributed by atoms with Gasteiger partial charge in [-0.2, -0.15) is 0 Å².